The molecule has 2 saturated heterocycles. The average molecular weight is 907 g/mol. The van der Waals surface area contributed by atoms with Crippen LogP contribution in [0.4, 0.5) is 23.8 Å². The number of pyridine rings is 1. The first-order valence-electron chi connectivity index (χ1n) is 21.5. The van der Waals surface area contributed by atoms with Gasteiger partial charge in [0.1, 0.15) is 35.3 Å². The summed E-state index contributed by atoms with van der Waals surface area (Å²) in [5.74, 6) is -2.33. The highest BCUT2D eigenvalue weighted by molar-refractivity contribution is 7.91. The van der Waals surface area contributed by atoms with Gasteiger partial charge in [-0.3, -0.25) is 19.1 Å². The van der Waals surface area contributed by atoms with Gasteiger partial charge in [0.15, 0.2) is 0 Å². The minimum Gasteiger partial charge on any atom is -0.497 e. The summed E-state index contributed by atoms with van der Waals surface area (Å²) in [5, 5.41) is 6.58. The molecule has 2 saturated carbocycles. The Hall–Kier alpha value is -4.85. The van der Waals surface area contributed by atoms with Crippen LogP contribution in [0, 0.1) is 17.8 Å². The normalized spacial score (nSPS) is 29.5. The Kier molecular flexibility index (Phi) is 12.6. The number of carbonyl (C=O) groups is 4. The molecule has 63 heavy (non-hydrogen) atoms. The summed E-state index contributed by atoms with van der Waals surface area (Å²) in [7, 11) is -2.55. The van der Waals surface area contributed by atoms with Crippen LogP contribution in [0.2, 0.25) is 0 Å². The van der Waals surface area contributed by atoms with Crippen molar-refractivity contribution in [3.8, 4) is 11.6 Å². The van der Waals surface area contributed by atoms with Crippen molar-refractivity contribution in [2.24, 2.45) is 17.8 Å². The van der Waals surface area contributed by atoms with Crippen LogP contribution in [-0.2, 0) is 33.9 Å². The molecular formula is C43H57F3N6O10S. The van der Waals surface area contributed by atoms with Crippen LogP contribution in [0.3, 0.4) is 0 Å². The van der Waals surface area contributed by atoms with E-state index in [2.05, 4.69) is 15.4 Å². The topological polar surface area (TPSA) is 195 Å². The molecule has 0 bridgehead atoms. The van der Waals surface area contributed by atoms with E-state index in [4.69, 9.17) is 23.9 Å². The molecule has 1 aromatic carbocycles. The quantitative estimate of drug-likeness (QED) is 0.293. The number of anilines is 1. The van der Waals surface area contributed by atoms with Crippen molar-refractivity contribution in [1.29, 1.82) is 0 Å². The van der Waals surface area contributed by atoms with E-state index in [1.165, 1.54) is 4.90 Å². The fourth-order valence-corrected chi connectivity index (χ4v) is 9.87. The predicted molar refractivity (Wildman–Crippen MR) is 224 cm³/mol. The summed E-state index contributed by atoms with van der Waals surface area (Å²) in [6.45, 7) is 8.45. The van der Waals surface area contributed by atoms with Gasteiger partial charge in [-0.1, -0.05) is 26.0 Å². The number of morpholine rings is 1. The van der Waals surface area contributed by atoms with Crippen molar-refractivity contribution in [3.05, 3.63) is 36.4 Å². The minimum atomic E-state index is -4.92. The number of alkyl carbamates (subject to hydrolysis) is 1. The summed E-state index contributed by atoms with van der Waals surface area (Å²) in [6.07, 6.45) is -1.42. The molecule has 3 aliphatic heterocycles. The van der Waals surface area contributed by atoms with Crippen molar-refractivity contribution in [3.63, 3.8) is 0 Å². The second-order valence-corrected chi connectivity index (χ2v) is 20.6. The number of fused-ring (bicyclic) bond motifs is 3. The van der Waals surface area contributed by atoms with Gasteiger partial charge in [0, 0.05) is 30.8 Å². The maximum atomic E-state index is 15.0. The molecule has 4 fully saturated rings. The largest absolute Gasteiger partial charge is 0.497 e. The number of methoxy groups -OCH3 is 1. The van der Waals surface area contributed by atoms with Gasteiger partial charge in [0.2, 0.25) is 33.3 Å². The van der Waals surface area contributed by atoms with Crippen LogP contribution >= 0.6 is 0 Å². The molecule has 2 aromatic rings. The van der Waals surface area contributed by atoms with Crippen LogP contribution in [0.1, 0.15) is 79.6 Å². The molecule has 0 spiro atoms. The van der Waals surface area contributed by atoms with E-state index >= 15 is 0 Å². The number of nitrogens with one attached hydrogen (secondary N) is 3. The second-order valence-electron chi connectivity index (χ2n) is 18.5. The number of rotatable bonds is 9. The maximum Gasteiger partial charge on any atom is 0.427 e. The average Bonchev–Trinajstić information content (AvgIpc) is 4.10. The number of alkyl halides is 3. The Morgan fingerprint density at radius 2 is 1.78 bits per heavy atom. The monoisotopic (exact) mass is 906 g/mol. The Bertz CT molecular complexity index is 2250. The van der Waals surface area contributed by atoms with E-state index < -0.39 is 85.9 Å². The van der Waals surface area contributed by atoms with Crippen molar-refractivity contribution >= 4 is 50.4 Å². The molecule has 0 unspecified atom stereocenters. The summed E-state index contributed by atoms with van der Waals surface area (Å²) in [6, 6.07) is 4.46. The first-order valence-corrected chi connectivity index (χ1v) is 22.9. The number of nitrogens with zero attached hydrogens (tertiary/aromatic N) is 3. The molecule has 1 aromatic heterocycles. The van der Waals surface area contributed by atoms with Crippen molar-refractivity contribution < 1.29 is 59.7 Å². The molecule has 4 amide bonds. The molecule has 2 aliphatic carbocycles. The lowest BCUT2D eigenvalue weighted by molar-refractivity contribution is -0.244. The van der Waals surface area contributed by atoms with Gasteiger partial charge >= 0.3 is 12.3 Å². The van der Waals surface area contributed by atoms with Gasteiger partial charge < -0.3 is 39.4 Å². The molecule has 3 N–H and O–H groups in total. The molecule has 7 rings (SSSR count). The third-order valence-electron chi connectivity index (χ3n) is 13.2. The fraction of sp³-hybridized carbons (Fsp3) is 0.651. The van der Waals surface area contributed by atoms with Crippen LogP contribution < -0.4 is 29.7 Å². The molecular weight excluding hydrogens is 850 g/mol. The third kappa shape index (κ3) is 9.66. The van der Waals surface area contributed by atoms with Crippen LogP contribution in [0.25, 0.3) is 10.8 Å². The lowest BCUT2D eigenvalue weighted by Gasteiger charge is -2.34. The Morgan fingerprint density at radius 1 is 1.06 bits per heavy atom. The number of hydrogen-bond donors (Lipinski definition) is 3. The predicted octanol–water partition coefficient (Wildman–Crippen LogP) is 4.75. The Morgan fingerprint density at radius 3 is 2.44 bits per heavy atom. The van der Waals surface area contributed by atoms with Crippen LogP contribution in [0.15, 0.2) is 36.4 Å². The number of halogens is 3. The lowest BCUT2D eigenvalue weighted by Crippen LogP contribution is -2.59. The van der Waals surface area contributed by atoms with E-state index in [0.29, 0.717) is 89.2 Å². The van der Waals surface area contributed by atoms with Crippen LogP contribution in [-0.4, -0.2) is 122 Å². The molecule has 7 atom stereocenters. The maximum absolute atomic E-state index is 15.0. The Labute approximate surface area is 365 Å². The van der Waals surface area contributed by atoms with E-state index in [1.807, 2.05) is 30.0 Å². The second kappa shape index (κ2) is 17.3. The van der Waals surface area contributed by atoms with Gasteiger partial charge in [0.25, 0.3) is 5.91 Å². The highest BCUT2D eigenvalue weighted by Crippen LogP contribution is 2.48. The SMILES string of the molecule is COc1ccc2c(O[C@@H]3C[C@H]4C(=O)N[C@]5(C(=O)NS(=O)(=O)C6(C)CC6)C[C@H]5/C=C\CC[C@H](C)C[C@@H](C)[C@H](NC(=O)OC(C)(C)C(F)(F)F)C(=O)N4C3)nc(N3CCOCC3)cc2c1. The van der Waals surface area contributed by atoms with E-state index in [9.17, 15) is 40.8 Å². The summed E-state index contributed by atoms with van der Waals surface area (Å²) in [5.41, 5.74) is -4.56. The molecule has 16 nitrogen and oxygen atoms in total. The van der Waals surface area contributed by atoms with Gasteiger partial charge in [-0.05, 0) is 101 Å². The third-order valence-corrected chi connectivity index (χ3v) is 15.3. The summed E-state index contributed by atoms with van der Waals surface area (Å²) in [4.78, 5) is 65.1. The number of allylic oxidation sites excluding steroid dienone is 1. The number of hydrogen-bond acceptors (Lipinski definition) is 12. The highest BCUT2D eigenvalue weighted by atomic mass is 32.2. The number of sulfonamides is 1. The molecule has 0 radical (unpaired) electrons. The number of ether oxygens (including phenoxy) is 4. The van der Waals surface area contributed by atoms with Crippen molar-refractivity contribution in [1.82, 2.24) is 25.2 Å². The molecule has 4 heterocycles. The molecule has 346 valence electrons. The summed E-state index contributed by atoms with van der Waals surface area (Å²) >= 11 is 0. The van der Waals surface area contributed by atoms with Gasteiger partial charge in [-0.25, -0.2) is 13.2 Å². The number of aromatic nitrogens is 1. The number of amides is 4. The fourth-order valence-electron chi connectivity index (χ4n) is 8.56. The van der Waals surface area contributed by atoms with E-state index in [-0.39, 0.29) is 31.2 Å². The van der Waals surface area contributed by atoms with E-state index in [0.717, 1.165) is 5.39 Å². The Balaban J connectivity index is 1.25. The van der Waals surface area contributed by atoms with Gasteiger partial charge in [0.05, 0.1) is 31.6 Å². The zero-order chi connectivity index (χ0) is 45.7. The molecule has 5 aliphatic rings. The summed E-state index contributed by atoms with van der Waals surface area (Å²) < 4.78 is 91.7. The molecule has 20 heteroatoms. The van der Waals surface area contributed by atoms with E-state index in [1.54, 1.807) is 39.2 Å². The standard InChI is InChI=1S/C43H57F3N6O10S/c1-25-9-7-8-10-28-23-42(28,38(55)50-63(57,58)41(5)13-14-41)49-35(53)32-22-30(24-52(32)37(54)34(26(2)19-25)48-39(56)62-40(3,4)43(44,45)46)61-36-31-12-11-29(59-6)20-27(31)21-33(47-36)51-15-17-60-18-16-51/h8,10-12,20-21,25-26,28,30,32,34H,7,9,13-19,22-24H2,1-6H3,(H,48,56)(H,49,53)(H,50,55)/b10-8-/t25-,26+,28+,30+,32-,34-,42+/m0/s1. The van der Waals surface area contributed by atoms with Crippen LogP contribution in [0.5, 0.6) is 11.6 Å². The van der Waals surface area contributed by atoms with Crippen molar-refractivity contribution in [2.75, 3.05) is 44.9 Å². The van der Waals surface area contributed by atoms with Gasteiger partial charge in [-0.2, -0.15) is 18.2 Å². The smallest absolute Gasteiger partial charge is 0.427 e. The zero-order valence-electron chi connectivity index (χ0n) is 36.4. The highest BCUT2D eigenvalue weighted by Gasteiger charge is 2.63. The number of benzene rings is 1. The first-order chi connectivity index (χ1) is 29.6. The minimum absolute atomic E-state index is 0.0480. The lowest BCUT2D eigenvalue weighted by atomic mass is 9.88. The number of carbonyl (C=O) groups excluding carboxylic acids is 4. The van der Waals surface area contributed by atoms with Gasteiger partial charge in [-0.15, -0.1) is 0 Å². The van der Waals surface area contributed by atoms with Crippen molar-refractivity contribution in [2.45, 2.75) is 120 Å². The first kappa shape index (κ1) is 46.2. The zero-order valence-corrected chi connectivity index (χ0v) is 37.2.